The fourth-order valence-electron chi connectivity index (χ4n) is 3.64. The molecular weight excluding hydrogens is 318 g/mol. The van der Waals surface area contributed by atoms with Gasteiger partial charge in [0.15, 0.2) is 5.82 Å². The average molecular weight is 339 g/mol. The van der Waals surface area contributed by atoms with Crippen LogP contribution in [0.4, 0.5) is 5.82 Å². The molecule has 0 fully saturated rings. The molecule has 0 saturated carbocycles. The second-order valence-corrected chi connectivity index (χ2v) is 7.73. The second kappa shape index (κ2) is 5.65. The van der Waals surface area contributed by atoms with Gasteiger partial charge >= 0.3 is 5.97 Å². The average Bonchev–Trinajstić information content (AvgIpc) is 2.72. The number of carbonyl (C=O) groups is 2. The molecule has 1 aromatic carbocycles. The maximum Gasteiger partial charge on any atom is 0.335 e. The summed E-state index contributed by atoms with van der Waals surface area (Å²) in [5, 5.41) is 11.7. The first-order chi connectivity index (χ1) is 11.6. The molecule has 25 heavy (non-hydrogen) atoms. The lowest BCUT2D eigenvalue weighted by Gasteiger charge is -2.21. The van der Waals surface area contributed by atoms with Crippen molar-refractivity contribution >= 4 is 17.7 Å². The van der Waals surface area contributed by atoms with Crippen LogP contribution in [0, 0.1) is 0 Å². The van der Waals surface area contributed by atoms with Crippen molar-refractivity contribution in [3.63, 3.8) is 0 Å². The molecule has 1 aliphatic rings. The number of aromatic carboxylic acids is 1. The summed E-state index contributed by atoms with van der Waals surface area (Å²) in [7, 11) is 0. The molecule has 2 N–H and O–H groups in total. The Balaban J connectivity index is 1.84. The van der Waals surface area contributed by atoms with Gasteiger partial charge in [-0.1, -0.05) is 27.7 Å². The van der Waals surface area contributed by atoms with Crippen molar-refractivity contribution in [3.8, 4) is 0 Å². The van der Waals surface area contributed by atoms with Crippen LogP contribution in [0.15, 0.2) is 30.5 Å². The minimum atomic E-state index is -1.03. The third-order valence-corrected chi connectivity index (χ3v) is 4.57. The van der Waals surface area contributed by atoms with Gasteiger partial charge in [0.2, 0.25) is 0 Å². The van der Waals surface area contributed by atoms with Crippen LogP contribution in [0.5, 0.6) is 0 Å². The predicted molar refractivity (Wildman–Crippen MR) is 94.1 cm³/mol. The lowest BCUT2D eigenvalue weighted by Crippen LogP contribution is -2.19. The molecule has 0 bridgehead atoms. The van der Waals surface area contributed by atoms with Gasteiger partial charge in [-0.05, 0) is 30.7 Å². The van der Waals surface area contributed by atoms with E-state index in [2.05, 4.69) is 43.0 Å². The largest absolute Gasteiger partial charge is 0.478 e. The summed E-state index contributed by atoms with van der Waals surface area (Å²) in [5.41, 5.74) is 2.25. The summed E-state index contributed by atoms with van der Waals surface area (Å²) in [6.45, 7) is 8.56. The topological polar surface area (TPSA) is 92.2 Å². The number of benzene rings is 1. The van der Waals surface area contributed by atoms with Crippen LogP contribution in [0.25, 0.3) is 0 Å². The van der Waals surface area contributed by atoms with Gasteiger partial charge in [0.1, 0.15) is 0 Å². The highest BCUT2D eigenvalue weighted by Gasteiger charge is 2.44. The summed E-state index contributed by atoms with van der Waals surface area (Å²) in [5.74, 6) is -0.973. The van der Waals surface area contributed by atoms with Gasteiger partial charge in [0.05, 0.1) is 23.1 Å². The number of hydrogen-bond donors (Lipinski definition) is 2. The summed E-state index contributed by atoms with van der Waals surface area (Å²) in [6, 6.07) is 5.76. The lowest BCUT2D eigenvalue weighted by atomic mass is 9.83. The number of nitrogens with one attached hydrogen (secondary N) is 1. The molecule has 0 aliphatic heterocycles. The van der Waals surface area contributed by atoms with E-state index in [9.17, 15) is 9.59 Å². The molecule has 2 aromatic rings. The maximum absolute atomic E-state index is 12.4. The zero-order valence-corrected chi connectivity index (χ0v) is 14.8. The van der Waals surface area contributed by atoms with Gasteiger partial charge in [0, 0.05) is 16.4 Å². The van der Waals surface area contributed by atoms with Crippen LogP contribution in [0.2, 0.25) is 0 Å². The monoisotopic (exact) mass is 339 g/mol. The van der Waals surface area contributed by atoms with Gasteiger partial charge in [-0.15, -0.1) is 0 Å². The van der Waals surface area contributed by atoms with Crippen molar-refractivity contribution in [2.75, 3.05) is 5.32 Å². The Bertz CT molecular complexity index is 855. The van der Waals surface area contributed by atoms with E-state index in [1.807, 2.05) is 0 Å². The van der Waals surface area contributed by atoms with Gasteiger partial charge in [-0.3, -0.25) is 9.78 Å². The van der Waals surface area contributed by atoms with Crippen molar-refractivity contribution in [1.82, 2.24) is 9.97 Å². The van der Waals surface area contributed by atoms with Gasteiger partial charge in [0.25, 0.3) is 5.91 Å². The second-order valence-electron chi connectivity index (χ2n) is 7.73. The van der Waals surface area contributed by atoms with Gasteiger partial charge in [-0.25, -0.2) is 9.78 Å². The number of aromatic nitrogens is 2. The third-order valence-electron chi connectivity index (χ3n) is 4.57. The smallest absolute Gasteiger partial charge is 0.335 e. The van der Waals surface area contributed by atoms with Crippen LogP contribution < -0.4 is 5.32 Å². The Hall–Kier alpha value is -2.76. The first-order valence-corrected chi connectivity index (χ1v) is 8.13. The molecule has 6 heteroatoms. The molecule has 130 valence electrons. The zero-order chi connectivity index (χ0) is 18.4. The molecule has 1 aromatic heterocycles. The number of nitrogens with zero attached hydrogens (tertiary/aromatic N) is 2. The Kier molecular flexibility index (Phi) is 3.86. The molecule has 0 radical (unpaired) electrons. The Morgan fingerprint density at radius 1 is 1.00 bits per heavy atom. The standard InChI is InChI=1S/C19H21N3O3/c1-18(2)10-19(3,4)15-14(18)20-9-13(21-15)22-16(23)11-5-7-12(8-6-11)17(24)25/h5-9H,10H2,1-4H3,(H,24,25)(H,21,22,23). The number of anilines is 1. The predicted octanol–water partition coefficient (Wildman–Crippen LogP) is 3.39. The van der Waals surface area contributed by atoms with Crippen molar-refractivity contribution < 1.29 is 14.7 Å². The third kappa shape index (κ3) is 3.12. The Labute approximate surface area is 146 Å². The molecule has 0 unspecified atom stereocenters. The Morgan fingerprint density at radius 3 is 2.16 bits per heavy atom. The van der Waals surface area contributed by atoms with Crippen LogP contribution in [-0.2, 0) is 10.8 Å². The first-order valence-electron chi connectivity index (χ1n) is 8.13. The molecule has 0 atom stereocenters. The van der Waals surface area contributed by atoms with Gasteiger partial charge < -0.3 is 10.4 Å². The molecule has 6 nitrogen and oxygen atoms in total. The van der Waals surface area contributed by atoms with Crippen LogP contribution >= 0.6 is 0 Å². The van der Waals surface area contributed by atoms with Crippen molar-refractivity contribution in [3.05, 3.63) is 53.0 Å². The highest BCUT2D eigenvalue weighted by molar-refractivity contribution is 6.04. The minimum Gasteiger partial charge on any atom is -0.478 e. The van der Waals surface area contributed by atoms with E-state index in [-0.39, 0.29) is 22.3 Å². The molecule has 0 saturated heterocycles. The van der Waals surface area contributed by atoms with E-state index < -0.39 is 5.97 Å². The SMILES string of the molecule is CC1(C)CC(C)(C)c2nc(NC(=O)c3ccc(C(=O)O)cc3)cnc21. The van der Waals surface area contributed by atoms with E-state index >= 15 is 0 Å². The number of carbonyl (C=O) groups excluding carboxylic acids is 1. The van der Waals surface area contributed by atoms with Gasteiger partial charge in [-0.2, -0.15) is 0 Å². The number of rotatable bonds is 3. The highest BCUT2D eigenvalue weighted by Crippen LogP contribution is 2.47. The number of carboxylic acids is 1. The van der Waals surface area contributed by atoms with Crippen LogP contribution in [0.3, 0.4) is 0 Å². The van der Waals surface area contributed by atoms with E-state index in [1.54, 1.807) is 6.20 Å². The fourth-order valence-corrected chi connectivity index (χ4v) is 3.64. The fraction of sp³-hybridized carbons (Fsp3) is 0.368. The number of fused-ring (bicyclic) bond motifs is 1. The number of carboxylic acid groups (broad SMARTS) is 1. The molecule has 1 heterocycles. The summed E-state index contributed by atoms with van der Waals surface area (Å²) < 4.78 is 0. The molecule has 1 aliphatic carbocycles. The lowest BCUT2D eigenvalue weighted by molar-refractivity contribution is 0.0696. The molecule has 1 amide bonds. The first kappa shape index (κ1) is 17.1. The number of amides is 1. The summed E-state index contributed by atoms with van der Waals surface area (Å²) in [6.07, 6.45) is 2.52. The van der Waals surface area contributed by atoms with E-state index in [0.29, 0.717) is 11.4 Å². The maximum atomic E-state index is 12.4. The number of hydrogen-bond acceptors (Lipinski definition) is 4. The van der Waals surface area contributed by atoms with Crippen molar-refractivity contribution in [2.24, 2.45) is 0 Å². The molecular formula is C19H21N3O3. The van der Waals surface area contributed by atoms with E-state index in [1.165, 1.54) is 24.3 Å². The molecule has 3 rings (SSSR count). The highest BCUT2D eigenvalue weighted by atomic mass is 16.4. The van der Waals surface area contributed by atoms with E-state index in [0.717, 1.165) is 17.8 Å². The minimum absolute atomic E-state index is 0.0406. The zero-order valence-electron chi connectivity index (χ0n) is 14.8. The molecule has 0 spiro atoms. The van der Waals surface area contributed by atoms with Crippen LogP contribution in [-0.4, -0.2) is 27.0 Å². The van der Waals surface area contributed by atoms with Crippen molar-refractivity contribution in [1.29, 1.82) is 0 Å². The van der Waals surface area contributed by atoms with Crippen molar-refractivity contribution in [2.45, 2.75) is 44.9 Å². The van der Waals surface area contributed by atoms with Crippen LogP contribution in [0.1, 0.15) is 66.2 Å². The summed E-state index contributed by atoms with van der Waals surface area (Å²) >= 11 is 0. The normalized spacial score (nSPS) is 17.0. The summed E-state index contributed by atoms with van der Waals surface area (Å²) in [4.78, 5) is 32.4. The Morgan fingerprint density at radius 2 is 1.56 bits per heavy atom. The van der Waals surface area contributed by atoms with E-state index in [4.69, 9.17) is 5.11 Å². The quantitative estimate of drug-likeness (QED) is 0.894.